The van der Waals surface area contributed by atoms with Crippen LogP contribution in [0.25, 0.3) is 0 Å². The van der Waals surface area contributed by atoms with E-state index in [1.54, 1.807) is 6.92 Å². The molecule has 3 N–H and O–H groups in total. The highest BCUT2D eigenvalue weighted by Crippen LogP contribution is 2.04. The molecule has 3 atom stereocenters. The molecule has 15 heavy (non-hydrogen) atoms. The van der Waals surface area contributed by atoms with Crippen molar-refractivity contribution >= 4 is 5.97 Å². The molecule has 0 fully saturated rings. The van der Waals surface area contributed by atoms with E-state index in [0.717, 1.165) is 12.8 Å². The third-order valence-electron chi connectivity index (χ3n) is 2.32. The van der Waals surface area contributed by atoms with Crippen molar-refractivity contribution in [3.63, 3.8) is 0 Å². The summed E-state index contributed by atoms with van der Waals surface area (Å²) in [5.41, 5.74) is 0. The van der Waals surface area contributed by atoms with Crippen LogP contribution in [0.2, 0.25) is 0 Å². The summed E-state index contributed by atoms with van der Waals surface area (Å²) in [5, 5.41) is 21.1. The molecule has 0 heterocycles. The van der Waals surface area contributed by atoms with Crippen LogP contribution in [0.3, 0.4) is 0 Å². The fourth-order valence-corrected chi connectivity index (χ4v) is 1.61. The van der Waals surface area contributed by atoms with Gasteiger partial charge in [0.2, 0.25) is 0 Å². The van der Waals surface area contributed by atoms with Gasteiger partial charge in [-0.15, -0.1) is 0 Å². The molecule has 4 nitrogen and oxygen atoms in total. The first-order valence-corrected chi connectivity index (χ1v) is 5.64. The largest absolute Gasteiger partial charge is 0.480 e. The summed E-state index contributed by atoms with van der Waals surface area (Å²) < 4.78 is 0. The standard InChI is InChI=1S/C11H23NO3/c1-4-5-6-10(11(14)15)12-8(2)7-9(3)13/h8-10,12-13H,4-7H2,1-3H3,(H,14,15). The molecule has 3 unspecified atom stereocenters. The van der Waals surface area contributed by atoms with Gasteiger partial charge in [-0.25, -0.2) is 0 Å². The second-order valence-corrected chi connectivity index (χ2v) is 4.19. The van der Waals surface area contributed by atoms with Gasteiger partial charge in [0.05, 0.1) is 6.10 Å². The van der Waals surface area contributed by atoms with Crippen molar-refractivity contribution in [3.05, 3.63) is 0 Å². The highest BCUT2D eigenvalue weighted by atomic mass is 16.4. The molecule has 0 spiro atoms. The van der Waals surface area contributed by atoms with Crippen LogP contribution in [0.15, 0.2) is 0 Å². The Bertz CT molecular complexity index is 183. The fourth-order valence-electron chi connectivity index (χ4n) is 1.61. The Morgan fingerprint density at radius 3 is 2.40 bits per heavy atom. The Balaban J connectivity index is 3.98. The summed E-state index contributed by atoms with van der Waals surface area (Å²) in [6.07, 6.45) is 2.74. The van der Waals surface area contributed by atoms with Crippen LogP contribution in [-0.4, -0.2) is 34.4 Å². The lowest BCUT2D eigenvalue weighted by Crippen LogP contribution is -2.43. The molecule has 0 aliphatic carbocycles. The lowest BCUT2D eigenvalue weighted by atomic mass is 10.1. The molecule has 90 valence electrons. The van der Waals surface area contributed by atoms with E-state index in [0.29, 0.717) is 12.8 Å². The average molecular weight is 217 g/mol. The Hall–Kier alpha value is -0.610. The minimum Gasteiger partial charge on any atom is -0.480 e. The number of hydrogen-bond donors (Lipinski definition) is 3. The minimum absolute atomic E-state index is 0.0305. The van der Waals surface area contributed by atoms with Crippen LogP contribution in [0.4, 0.5) is 0 Å². The quantitative estimate of drug-likeness (QED) is 0.574. The molecule has 0 rings (SSSR count). The van der Waals surface area contributed by atoms with Crippen molar-refractivity contribution in [2.24, 2.45) is 0 Å². The Labute approximate surface area is 91.7 Å². The predicted octanol–water partition coefficient (Wildman–Crippen LogP) is 1.38. The summed E-state index contributed by atoms with van der Waals surface area (Å²) in [6, 6.07) is -0.457. The lowest BCUT2D eigenvalue weighted by Gasteiger charge is -2.20. The molecule has 0 aromatic rings. The number of rotatable bonds is 8. The normalized spacial score (nSPS) is 17.1. The first-order valence-electron chi connectivity index (χ1n) is 5.64. The topological polar surface area (TPSA) is 69.6 Å². The highest BCUT2D eigenvalue weighted by molar-refractivity contribution is 5.73. The zero-order valence-corrected chi connectivity index (χ0v) is 9.86. The van der Waals surface area contributed by atoms with Crippen LogP contribution >= 0.6 is 0 Å². The van der Waals surface area contributed by atoms with Gasteiger partial charge in [0.15, 0.2) is 0 Å². The molecule has 0 amide bonds. The van der Waals surface area contributed by atoms with E-state index < -0.39 is 18.1 Å². The molecule has 0 aliphatic heterocycles. The summed E-state index contributed by atoms with van der Waals surface area (Å²) in [4.78, 5) is 10.9. The molecule has 0 bridgehead atoms. The van der Waals surface area contributed by atoms with E-state index in [4.69, 9.17) is 10.2 Å². The number of carboxylic acid groups (broad SMARTS) is 1. The monoisotopic (exact) mass is 217 g/mol. The Morgan fingerprint density at radius 1 is 1.40 bits per heavy atom. The minimum atomic E-state index is -0.805. The SMILES string of the molecule is CCCCC(NC(C)CC(C)O)C(=O)O. The van der Waals surface area contributed by atoms with Crippen molar-refractivity contribution in [2.75, 3.05) is 0 Å². The molecule has 0 saturated heterocycles. The molecular weight excluding hydrogens is 194 g/mol. The molecule has 4 heteroatoms. The highest BCUT2D eigenvalue weighted by Gasteiger charge is 2.19. The second kappa shape index (κ2) is 7.65. The smallest absolute Gasteiger partial charge is 0.320 e. The third kappa shape index (κ3) is 7.33. The molecule has 0 aliphatic rings. The average Bonchev–Trinajstić information content (AvgIpc) is 2.10. The van der Waals surface area contributed by atoms with E-state index in [-0.39, 0.29) is 6.04 Å². The van der Waals surface area contributed by atoms with Crippen LogP contribution in [-0.2, 0) is 4.79 Å². The predicted molar refractivity (Wildman–Crippen MR) is 59.8 cm³/mol. The summed E-state index contributed by atoms with van der Waals surface area (Å²) >= 11 is 0. The van der Waals surface area contributed by atoms with Gasteiger partial charge >= 0.3 is 5.97 Å². The van der Waals surface area contributed by atoms with Gasteiger partial charge in [0.25, 0.3) is 0 Å². The molecular formula is C11H23NO3. The van der Waals surface area contributed by atoms with Crippen molar-refractivity contribution in [1.82, 2.24) is 5.32 Å². The zero-order valence-electron chi connectivity index (χ0n) is 9.86. The lowest BCUT2D eigenvalue weighted by molar-refractivity contribution is -0.140. The van der Waals surface area contributed by atoms with Gasteiger partial charge in [-0.1, -0.05) is 19.8 Å². The van der Waals surface area contributed by atoms with E-state index in [2.05, 4.69) is 5.32 Å². The Kier molecular flexibility index (Phi) is 7.34. The van der Waals surface area contributed by atoms with Gasteiger partial charge < -0.3 is 15.5 Å². The van der Waals surface area contributed by atoms with Gasteiger partial charge in [-0.05, 0) is 26.7 Å². The number of aliphatic hydroxyl groups is 1. The van der Waals surface area contributed by atoms with Gasteiger partial charge in [-0.2, -0.15) is 0 Å². The van der Waals surface area contributed by atoms with Crippen molar-refractivity contribution < 1.29 is 15.0 Å². The van der Waals surface area contributed by atoms with E-state index in [9.17, 15) is 4.79 Å². The second-order valence-electron chi connectivity index (χ2n) is 4.19. The number of aliphatic carboxylic acids is 1. The van der Waals surface area contributed by atoms with Crippen molar-refractivity contribution in [2.45, 2.75) is 64.6 Å². The summed E-state index contributed by atoms with van der Waals surface area (Å²) in [6.45, 7) is 5.65. The van der Waals surface area contributed by atoms with Gasteiger partial charge in [0, 0.05) is 6.04 Å². The van der Waals surface area contributed by atoms with Gasteiger partial charge in [-0.3, -0.25) is 4.79 Å². The zero-order chi connectivity index (χ0) is 11.8. The first kappa shape index (κ1) is 14.4. The maximum Gasteiger partial charge on any atom is 0.320 e. The number of carbonyl (C=O) groups is 1. The number of nitrogens with one attached hydrogen (secondary N) is 1. The van der Waals surface area contributed by atoms with Crippen LogP contribution in [0.5, 0.6) is 0 Å². The van der Waals surface area contributed by atoms with E-state index in [1.165, 1.54) is 0 Å². The maximum absolute atomic E-state index is 10.9. The van der Waals surface area contributed by atoms with Crippen molar-refractivity contribution in [1.29, 1.82) is 0 Å². The third-order valence-corrected chi connectivity index (χ3v) is 2.32. The van der Waals surface area contributed by atoms with Crippen LogP contribution < -0.4 is 5.32 Å². The Morgan fingerprint density at radius 2 is 2.00 bits per heavy atom. The molecule has 0 radical (unpaired) electrons. The maximum atomic E-state index is 10.9. The molecule has 0 saturated carbocycles. The van der Waals surface area contributed by atoms with E-state index >= 15 is 0 Å². The van der Waals surface area contributed by atoms with E-state index in [1.807, 2.05) is 13.8 Å². The number of carboxylic acids is 1. The van der Waals surface area contributed by atoms with Crippen LogP contribution in [0.1, 0.15) is 46.5 Å². The molecule has 0 aromatic carbocycles. The molecule has 0 aromatic heterocycles. The summed E-state index contributed by atoms with van der Waals surface area (Å²) in [7, 11) is 0. The number of unbranched alkanes of at least 4 members (excludes halogenated alkanes) is 1. The van der Waals surface area contributed by atoms with Crippen LogP contribution in [0, 0.1) is 0 Å². The summed E-state index contributed by atoms with van der Waals surface area (Å²) in [5.74, 6) is -0.805. The first-order chi connectivity index (χ1) is 6.97. The fraction of sp³-hybridized carbons (Fsp3) is 0.909. The number of hydrogen-bond acceptors (Lipinski definition) is 3. The van der Waals surface area contributed by atoms with Gasteiger partial charge in [0.1, 0.15) is 6.04 Å². The number of aliphatic hydroxyl groups excluding tert-OH is 1. The van der Waals surface area contributed by atoms with Crippen molar-refractivity contribution in [3.8, 4) is 0 Å².